The number of hydrogen-bond donors (Lipinski definition) is 0. The molecule has 0 spiro atoms. The van der Waals surface area contributed by atoms with Crippen molar-refractivity contribution >= 4 is 11.5 Å². The maximum Gasteiger partial charge on any atom is 0.204 e. The molecule has 0 amide bonds. The fourth-order valence-corrected chi connectivity index (χ4v) is 2.51. The fourth-order valence-electron chi connectivity index (χ4n) is 1.82. The topological polar surface area (TPSA) is 30.2 Å². The van der Waals surface area contributed by atoms with Crippen LogP contribution < -0.4 is 4.80 Å². The van der Waals surface area contributed by atoms with Crippen LogP contribution in [0.3, 0.4) is 0 Å². The standard InChI is InChI=1S/C10H9N3S/c1-11-10-13-6-7-4-2-3-5-8(7)9(13)12-14-10/h2-5H,6H2,1H3. The molecule has 2 heterocycles. The smallest absolute Gasteiger partial charge is 0.204 e. The molecule has 0 fully saturated rings. The summed E-state index contributed by atoms with van der Waals surface area (Å²) in [5, 5.41) is 0. The molecular weight excluding hydrogens is 194 g/mol. The van der Waals surface area contributed by atoms with Gasteiger partial charge in [-0.1, -0.05) is 24.3 Å². The van der Waals surface area contributed by atoms with Crippen molar-refractivity contribution in [1.29, 1.82) is 0 Å². The van der Waals surface area contributed by atoms with Crippen molar-refractivity contribution in [2.75, 3.05) is 7.05 Å². The Morgan fingerprint density at radius 1 is 1.43 bits per heavy atom. The van der Waals surface area contributed by atoms with Crippen molar-refractivity contribution in [1.82, 2.24) is 8.94 Å². The summed E-state index contributed by atoms with van der Waals surface area (Å²) in [4.78, 5) is 5.20. The number of rotatable bonds is 0. The summed E-state index contributed by atoms with van der Waals surface area (Å²) >= 11 is 1.46. The fraction of sp³-hybridized carbons (Fsp3) is 0.200. The summed E-state index contributed by atoms with van der Waals surface area (Å²) < 4.78 is 6.58. The Kier molecular flexibility index (Phi) is 1.58. The lowest BCUT2D eigenvalue weighted by Gasteiger charge is -1.93. The van der Waals surface area contributed by atoms with Gasteiger partial charge in [0.25, 0.3) is 0 Å². The molecule has 0 saturated heterocycles. The molecule has 0 atom stereocenters. The number of benzene rings is 1. The first-order valence-corrected chi connectivity index (χ1v) is 5.25. The number of nitrogens with zero attached hydrogens (tertiary/aromatic N) is 3. The summed E-state index contributed by atoms with van der Waals surface area (Å²) in [6.07, 6.45) is 0. The minimum absolute atomic E-state index is 0.911. The van der Waals surface area contributed by atoms with Gasteiger partial charge in [0.2, 0.25) is 4.80 Å². The molecule has 3 nitrogen and oxygen atoms in total. The first-order valence-electron chi connectivity index (χ1n) is 4.48. The predicted octanol–water partition coefficient (Wildman–Crippen LogP) is 1.50. The molecule has 0 aliphatic carbocycles. The van der Waals surface area contributed by atoms with Crippen molar-refractivity contribution in [2.24, 2.45) is 4.99 Å². The highest BCUT2D eigenvalue weighted by Gasteiger charge is 2.20. The number of hydrogen-bond acceptors (Lipinski definition) is 3. The van der Waals surface area contributed by atoms with Gasteiger partial charge in [-0.25, -0.2) is 0 Å². The van der Waals surface area contributed by atoms with Crippen LogP contribution in [0.2, 0.25) is 0 Å². The van der Waals surface area contributed by atoms with Crippen LogP contribution in [-0.4, -0.2) is 16.0 Å². The average Bonchev–Trinajstić information content (AvgIpc) is 2.75. The molecule has 4 heteroatoms. The van der Waals surface area contributed by atoms with Crippen molar-refractivity contribution in [2.45, 2.75) is 6.54 Å². The lowest BCUT2D eigenvalue weighted by atomic mass is 10.1. The molecule has 1 aliphatic rings. The van der Waals surface area contributed by atoms with Gasteiger partial charge in [0, 0.05) is 24.1 Å². The second kappa shape index (κ2) is 2.78. The van der Waals surface area contributed by atoms with E-state index in [9.17, 15) is 0 Å². The maximum absolute atomic E-state index is 4.42. The molecule has 0 radical (unpaired) electrons. The first-order chi connectivity index (χ1) is 6.90. The Balaban J connectivity index is 2.33. The van der Waals surface area contributed by atoms with Crippen LogP contribution in [0.5, 0.6) is 0 Å². The molecule has 70 valence electrons. The lowest BCUT2D eigenvalue weighted by Crippen LogP contribution is -2.12. The molecule has 1 aromatic carbocycles. The Morgan fingerprint density at radius 3 is 3.14 bits per heavy atom. The quantitative estimate of drug-likeness (QED) is 0.544. The van der Waals surface area contributed by atoms with E-state index in [1.807, 2.05) is 7.05 Å². The zero-order chi connectivity index (χ0) is 9.54. The van der Waals surface area contributed by atoms with Crippen molar-refractivity contribution < 1.29 is 0 Å². The van der Waals surface area contributed by atoms with Crippen LogP contribution in [-0.2, 0) is 6.54 Å². The molecule has 1 aliphatic heterocycles. The molecule has 0 N–H and O–H groups in total. The zero-order valence-electron chi connectivity index (χ0n) is 7.77. The van der Waals surface area contributed by atoms with E-state index in [2.05, 4.69) is 38.2 Å². The van der Waals surface area contributed by atoms with Crippen molar-refractivity contribution in [3.8, 4) is 11.4 Å². The predicted molar refractivity (Wildman–Crippen MR) is 56.1 cm³/mol. The van der Waals surface area contributed by atoms with Gasteiger partial charge in [0.05, 0.1) is 6.54 Å². The Morgan fingerprint density at radius 2 is 2.29 bits per heavy atom. The highest BCUT2D eigenvalue weighted by atomic mass is 32.1. The van der Waals surface area contributed by atoms with Gasteiger partial charge in [0.1, 0.15) is 0 Å². The van der Waals surface area contributed by atoms with Gasteiger partial charge in [-0.2, -0.15) is 4.37 Å². The van der Waals surface area contributed by atoms with E-state index in [1.54, 1.807) is 0 Å². The second-order valence-electron chi connectivity index (χ2n) is 3.26. The number of aromatic nitrogens is 2. The molecule has 0 saturated carbocycles. The van der Waals surface area contributed by atoms with E-state index in [0.717, 1.165) is 17.2 Å². The largest absolute Gasteiger partial charge is 0.296 e. The van der Waals surface area contributed by atoms with E-state index in [4.69, 9.17) is 0 Å². The molecular formula is C10H9N3S. The maximum atomic E-state index is 4.42. The average molecular weight is 203 g/mol. The van der Waals surface area contributed by atoms with Gasteiger partial charge in [-0.15, -0.1) is 0 Å². The van der Waals surface area contributed by atoms with Crippen LogP contribution in [0.25, 0.3) is 11.4 Å². The van der Waals surface area contributed by atoms with Gasteiger partial charge in [0.15, 0.2) is 5.82 Å². The van der Waals surface area contributed by atoms with Crippen LogP contribution in [0.4, 0.5) is 0 Å². The van der Waals surface area contributed by atoms with Gasteiger partial charge in [-0.05, 0) is 5.56 Å². The minimum atomic E-state index is 0.911. The molecule has 1 aromatic heterocycles. The summed E-state index contributed by atoms with van der Waals surface area (Å²) in [6.45, 7) is 0.911. The summed E-state index contributed by atoms with van der Waals surface area (Å²) in [5.41, 5.74) is 2.59. The molecule has 0 unspecified atom stereocenters. The van der Waals surface area contributed by atoms with E-state index in [1.165, 1.54) is 22.7 Å². The molecule has 14 heavy (non-hydrogen) atoms. The third-order valence-corrected chi connectivity index (χ3v) is 3.31. The molecule has 2 aromatic rings. The van der Waals surface area contributed by atoms with E-state index < -0.39 is 0 Å². The SMILES string of the molecule is CN=c1snc2n1Cc1ccccc1-2. The lowest BCUT2D eigenvalue weighted by molar-refractivity contribution is 0.801. The Hall–Kier alpha value is -1.42. The molecule has 0 bridgehead atoms. The number of fused-ring (bicyclic) bond motifs is 3. The third kappa shape index (κ3) is 0.915. The summed E-state index contributed by atoms with van der Waals surface area (Å²) in [7, 11) is 1.81. The molecule has 3 rings (SSSR count). The Labute approximate surface area is 85.5 Å². The van der Waals surface area contributed by atoms with E-state index in [-0.39, 0.29) is 0 Å². The van der Waals surface area contributed by atoms with Crippen LogP contribution in [0.15, 0.2) is 29.3 Å². The van der Waals surface area contributed by atoms with Gasteiger partial charge >= 0.3 is 0 Å². The first kappa shape index (κ1) is 7.94. The highest BCUT2D eigenvalue weighted by molar-refractivity contribution is 7.03. The van der Waals surface area contributed by atoms with Crippen LogP contribution in [0.1, 0.15) is 5.56 Å². The summed E-state index contributed by atoms with van der Waals surface area (Å²) in [5.74, 6) is 1.06. The minimum Gasteiger partial charge on any atom is -0.296 e. The van der Waals surface area contributed by atoms with Gasteiger partial charge < -0.3 is 0 Å². The summed E-state index contributed by atoms with van der Waals surface area (Å²) in [6, 6.07) is 8.38. The van der Waals surface area contributed by atoms with Crippen molar-refractivity contribution in [3.63, 3.8) is 0 Å². The van der Waals surface area contributed by atoms with Crippen LogP contribution >= 0.6 is 11.5 Å². The third-order valence-electron chi connectivity index (χ3n) is 2.48. The van der Waals surface area contributed by atoms with Gasteiger partial charge in [-0.3, -0.25) is 9.56 Å². The zero-order valence-corrected chi connectivity index (χ0v) is 8.58. The second-order valence-corrected chi connectivity index (χ2v) is 3.99. The Bertz CT molecular complexity index is 550. The van der Waals surface area contributed by atoms with E-state index >= 15 is 0 Å². The van der Waals surface area contributed by atoms with Crippen LogP contribution in [0, 0.1) is 0 Å². The monoisotopic (exact) mass is 203 g/mol. The van der Waals surface area contributed by atoms with E-state index in [0.29, 0.717) is 0 Å². The highest BCUT2D eigenvalue weighted by Crippen LogP contribution is 2.28. The normalized spacial score (nSPS) is 14.2. The van der Waals surface area contributed by atoms with Crippen molar-refractivity contribution in [3.05, 3.63) is 34.6 Å².